The molecule has 0 saturated heterocycles. The molecule has 62 valence electrons. The molecule has 1 rings (SSSR count). The number of hydrogen-bond donors (Lipinski definition) is 1. The Kier molecular flexibility index (Phi) is 2.29. The Balaban J connectivity index is 3.23. The summed E-state index contributed by atoms with van der Waals surface area (Å²) in [4.78, 5) is 7.25. The lowest BCUT2D eigenvalue weighted by Gasteiger charge is -2.05. The zero-order chi connectivity index (χ0) is 9.14. The SMILES string of the molecule is [C-]#[N+]c1nc(N)ccc1C(C)C. The number of nitrogens with zero attached hydrogens (tertiary/aromatic N) is 2. The third-order valence-electron chi connectivity index (χ3n) is 1.65. The van der Waals surface area contributed by atoms with Gasteiger partial charge >= 0.3 is 0 Å². The first-order chi connectivity index (χ1) is 5.65. The Labute approximate surface area is 72.1 Å². The van der Waals surface area contributed by atoms with Crippen molar-refractivity contribution in [2.75, 3.05) is 5.73 Å². The average molecular weight is 161 g/mol. The Morgan fingerprint density at radius 3 is 2.67 bits per heavy atom. The van der Waals surface area contributed by atoms with Crippen LogP contribution in [0, 0.1) is 6.57 Å². The topological polar surface area (TPSA) is 43.3 Å². The second kappa shape index (κ2) is 3.22. The fraction of sp³-hybridized carbons (Fsp3) is 0.333. The van der Waals surface area contributed by atoms with Crippen LogP contribution in [0.2, 0.25) is 0 Å². The Morgan fingerprint density at radius 1 is 1.50 bits per heavy atom. The largest absolute Gasteiger partial charge is 0.364 e. The molecular weight excluding hydrogens is 150 g/mol. The molecule has 0 aromatic carbocycles. The molecule has 0 radical (unpaired) electrons. The number of pyridine rings is 1. The highest BCUT2D eigenvalue weighted by atomic mass is 14.9. The molecule has 1 heterocycles. The van der Waals surface area contributed by atoms with Crippen molar-refractivity contribution in [2.24, 2.45) is 0 Å². The standard InChI is InChI=1S/C9H11N3/c1-6(2)7-4-5-8(10)12-9(7)11-3/h4-6H,1-2H3,(H2,10,12). The Bertz CT molecular complexity index is 323. The van der Waals surface area contributed by atoms with Crippen LogP contribution in [0.25, 0.3) is 4.85 Å². The molecular formula is C9H11N3. The maximum Gasteiger partial charge on any atom is 0.275 e. The fourth-order valence-corrected chi connectivity index (χ4v) is 1.01. The van der Waals surface area contributed by atoms with E-state index in [1.165, 1.54) is 0 Å². The second-order valence-corrected chi connectivity index (χ2v) is 2.92. The molecule has 0 aliphatic heterocycles. The quantitative estimate of drug-likeness (QED) is 0.642. The monoisotopic (exact) mass is 161 g/mol. The van der Waals surface area contributed by atoms with Gasteiger partial charge in [0.2, 0.25) is 5.82 Å². The molecule has 0 aliphatic rings. The van der Waals surface area contributed by atoms with Crippen molar-refractivity contribution in [1.82, 2.24) is 4.98 Å². The van der Waals surface area contributed by atoms with Gasteiger partial charge in [0.25, 0.3) is 5.82 Å². The lowest BCUT2D eigenvalue weighted by Crippen LogP contribution is -1.94. The number of rotatable bonds is 1. The third kappa shape index (κ3) is 1.54. The van der Waals surface area contributed by atoms with Crippen molar-refractivity contribution in [3.63, 3.8) is 0 Å². The molecule has 2 N–H and O–H groups in total. The van der Waals surface area contributed by atoms with Crippen LogP contribution < -0.4 is 5.73 Å². The van der Waals surface area contributed by atoms with E-state index in [2.05, 4.69) is 9.83 Å². The summed E-state index contributed by atoms with van der Waals surface area (Å²) in [6.07, 6.45) is 0. The zero-order valence-electron chi connectivity index (χ0n) is 7.20. The lowest BCUT2D eigenvalue weighted by atomic mass is 10.0. The van der Waals surface area contributed by atoms with Crippen molar-refractivity contribution >= 4 is 11.6 Å². The highest BCUT2D eigenvalue weighted by Crippen LogP contribution is 2.25. The van der Waals surface area contributed by atoms with E-state index in [1.807, 2.05) is 19.9 Å². The molecule has 1 aromatic heterocycles. The van der Waals surface area contributed by atoms with E-state index in [9.17, 15) is 0 Å². The summed E-state index contributed by atoms with van der Waals surface area (Å²) in [7, 11) is 0. The lowest BCUT2D eigenvalue weighted by molar-refractivity contribution is 0.865. The minimum atomic E-state index is 0.321. The van der Waals surface area contributed by atoms with Gasteiger partial charge in [0.05, 0.1) is 0 Å². The molecule has 0 amide bonds. The van der Waals surface area contributed by atoms with Gasteiger partial charge in [-0.1, -0.05) is 26.5 Å². The maximum absolute atomic E-state index is 6.88. The molecule has 1 aromatic rings. The number of hydrogen-bond acceptors (Lipinski definition) is 2. The molecule has 0 unspecified atom stereocenters. The number of anilines is 1. The Morgan fingerprint density at radius 2 is 2.17 bits per heavy atom. The molecule has 0 saturated carbocycles. The summed E-state index contributed by atoms with van der Waals surface area (Å²) >= 11 is 0. The minimum Gasteiger partial charge on any atom is -0.364 e. The van der Waals surface area contributed by atoms with Crippen molar-refractivity contribution in [1.29, 1.82) is 0 Å². The predicted octanol–water partition coefficient (Wildman–Crippen LogP) is 2.34. The smallest absolute Gasteiger partial charge is 0.275 e. The van der Waals surface area contributed by atoms with Crippen LogP contribution >= 0.6 is 0 Å². The first-order valence-electron chi connectivity index (χ1n) is 3.79. The van der Waals surface area contributed by atoms with E-state index >= 15 is 0 Å². The van der Waals surface area contributed by atoms with E-state index in [4.69, 9.17) is 12.3 Å². The van der Waals surface area contributed by atoms with Crippen molar-refractivity contribution < 1.29 is 0 Å². The highest BCUT2D eigenvalue weighted by molar-refractivity contribution is 5.51. The molecule has 0 fully saturated rings. The summed E-state index contributed by atoms with van der Waals surface area (Å²) < 4.78 is 0. The molecule has 12 heavy (non-hydrogen) atoms. The normalized spacial score (nSPS) is 9.83. The van der Waals surface area contributed by atoms with Crippen molar-refractivity contribution in [2.45, 2.75) is 19.8 Å². The highest BCUT2D eigenvalue weighted by Gasteiger charge is 2.08. The van der Waals surface area contributed by atoms with Gasteiger partial charge in [0, 0.05) is 6.07 Å². The van der Waals surface area contributed by atoms with Crippen LogP contribution in [0.4, 0.5) is 11.6 Å². The van der Waals surface area contributed by atoms with Gasteiger partial charge in [-0.3, -0.25) is 0 Å². The minimum absolute atomic E-state index is 0.321. The van der Waals surface area contributed by atoms with Crippen molar-refractivity contribution in [3.8, 4) is 0 Å². The summed E-state index contributed by atoms with van der Waals surface area (Å²) in [6, 6.07) is 3.59. The second-order valence-electron chi connectivity index (χ2n) is 2.92. The average Bonchev–Trinajstić information content (AvgIpc) is 2.03. The van der Waals surface area contributed by atoms with Gasteiger partial charge in [-0.05, 0) is 11.5 Å². The van der Waals surface area contributed by atoms with E-state index in [-0.39, 0.29) is 0 Å². The zero-order valence-corrected chi connectivity index (χ0v) is 7.20. The van der Waals surface area contributed by atoms with E-state index in [0.717, 1.165) is 5.56 Å². The van der Waals surface area contributed by atoms with E-state index < -0.39 is 0 Å². The van der Waals surface area contributed by atoms with Crippen LogP contribution in [0.15, 0.2) is 12.1 Å². The molecule has 0 bridgehead atoms. The molecule has 3 nitrogen and oxygen atoms in total. The van der Waals surface area contributed by atoms with Crippen LogP contribution in [0.1, 0.15) is 25.3 Å². The van der Waals surface area contributed by atoms with Gasteiger partial charge in [0.1, 0.15) is 0 Å². The van der Waals surface area contributed by atoms with Gasteiger partial charge in [-0.25, -0.2) is 0 Å². The Hall–Kier alpha value is -1.56. The van der Waals surface area contributed by atoms with E-state index in [1.54, 1.807) is 6.07 Å². The first kappa shape index (κ1) is 8.54. The van der Waals surface area contributed by atoms with Gasteiger partial charge in [-0.15, -0.1) is 4.98 Å². The van der Waals surface area contributed by atoms with Gasteiger partial charge in [0.15, 0.2) is 0 Å². The van der Waals surface area contributed by atoms with Crippen LogP contribution in [0.3, 0.4) is 0 Å². The number of nitrogen functional groups attached to an aromatic ring is 1. The number of nitrogens with two attached hydrogens (primary N) is 1. The summed E-state index contributed by atoms with van der Waals surface area (Å²) in [5.74, 6) is 1.15. The van der Waals surface area contributed by atoms with Crippen LogP contribution in [-0.4, -0.2) is 4.98 Å². The van der Waals surface area contributed by atoms with Crippen LogP contribution in [-0.2, 0) is 0 Å². The fourth-order valence-electron chi connectivity index (χ4n) is 1.01. The van der Waals surface area contributed by atoms with Crippen molar-refractivity contribution in [3.05, 3.63) is 29.1 Å². The molecule has 0 spiro atoms. The predicted molar refractivity (Wildman–Crippen MR) is 49.0 cm³/mol. The third-order valence-corrected chi connectivity index (χ3v) is 1.65. The van der Waals surface area contributed by atoms with E-state index in [0.29, 0.717) is 17.6 Å². The molecule has 0 aliphatic carbocycles. The number of aromatic nitrogens is 1. The van der Waals surface area contributed by atoms with Gasteiger partial charge < -0.3 is 10.6 Å². The van der Waals surface area contributed by atoms with Gasteiger partial charge in [-0.2, -0.15) is 0 Å². The summed E-state index contributed by atoms with van der Waals surface area (Å²) in [5, 5.41) is 0. The summed E-state index contributed by atoms with van der Waals surface area (Å²) in [5.41, 5.74) is 6.41. The maximum atomic E-state index is 6.88. The molecule has 0 atom stereocenters. The van der Waals surface area contributed by atoms with Crippen LogP contribution in [0.5, 0.6) is 0 Å². The first-order valence-corrected chi connectivity index (χ1v) is 3.79. The molecule has 3 heteroatoms. The summed E-state index contributed by atoms with van der Waals surface area (Å²) in [6.45, 7) is 10.9.